The third-order valence-corrected chi connectivity index (χ3v) is 4.19. The van der Waals surface area contributed by atoms with Gasteiger partial charge in [0.25, 0.3) is 0 Å². The zero-order chi connectivity index (χ0) is 13.5. The highest BCUT2D eigenvalue weighted by Crippen LogP contribution is 2.34. The van der Waals surface area contributed by atoms with E-state index in [1.54, 1.807) is 0 Å². The van der Waals surface area contributed by atoms with E-state index in [9.17, 15) is 0 Å². The minimum atomic E-state index is -0.337. The molecule has 0 unspecified atom stereocenters. The SMILES string of the molecule is CC1(C)Oc2ccc(-c3ccccc3)cc2CC1=S. The van der Waals surface area contributed by atoms with Crippen molar-refractivity contribution in [1.29, 1.82) is 0 Å². The summed E-state index contributed by atoms with van der Waals surface area (Å²) >= 11 is 5.45. The molecule has 2 heteroatoms. The van der Waals surface area contributed by atoms with Crippen LogP contribution in [0.15, 0.2) is 48.5 Å². The number of thiocarbonyl (C=S) groups is 1. The zero-order valence-corrected chi connectivity index (χ0v) is 12.0. The summed E-state index contributed by atoms with van der Waals surface area (Å²) in [6, 6.07) is 16.7. The normalized spacial score (nSPS) is 16.6. The zero-order valence-electron chi connectivity index (χ0n) is 11.1. The molecule has 0 saturated carbocycles. The maximum Gasteiger partial charge on any atom is 0.135 e. The average molecular weight is 268 g/mol. The summed E-state index contributed by atoms with van der Waals surface area (Å²) in [5.74, 6) is 0.957. The third-order valence-electron chi connectivity index (χ3n) is 3.56. The Labute approximate surface area is 119 Å². The van der Waals surface area contributed by atoms with E-state index in [0.29, 0.717) is 0 Å². The third kappa shape index (κ3) is 2.28. The predicted octanol–water partition coefficient (Wildman–Crippen LogP) is 4.44. The molecule has 0 N–H and O–H groups in total. The van der Waals surface area contributed by atoms with Crippen molar-refractivity contribution in [2.24, 2.45) is 0 Å². The van der Waals surface area contributed by atoms with Crippen LogP contribution in [0, 0.1) is 0 Å². The maximum absolute atomic E-state index is 5.98. The first-order chi connectivity index (χ1) is 9.06. The Morgan fingerprint density at radius 3 is 2.47 bits per heavy atom. The van der Waals surface area contributed by atoms with Crippen LogP contribution in [-0.4, -0.2) is 10.5 Å². The van der Waals surface area contributed by atoms with Crippen LogP contribution in [0.5, 0.6) is 5.75 Å². The fourth-order valence-corrected chi connectivity index (χ4v) is 2.54. The number of rotatable bonds is 1. The van der Waals surface area contributed by atoms with Crippen molar-refractivity contribution in [1.82, 2.24) is 0 Å². The maximum atomic E-state index is 5.98. The minimum absolute atomic E-state index is 0.337. The van der Waals surface area contributed by atoms with E-state index in [2.05, 4.69) is 42.5 Å². The molecule has 3 rings (SSSR count). The Hall–Kier alpha value is -1.67. The molecule has 2 aromatic rings. The van der Waals surface area contributed by atoms with Gasteiger partial charge in [-0.1, -0.05) is 48.6 Å². The van der Waals surface area contributed by atoms with Crippen molar-refractivity contribution in [3.8, 4) is 16.9 Å². The van der Waals surface area contributed by atoms with Crippen LogP contribution in [0.3, 0.4) is 0 Å². The number of ether oxygens (including phenoxy) is 1. The molecular formula is C17H16OS. The van der Waals surface area contributed by atoms with E-state index >= 15 is 0 Å². The van der Waals surface area contributed by atoms with E-state index in [-0.39, 0.29) is 5.60 Å². The molecule has 1 nitrogen and oxygen atoms in total. The van der Waals surface area contributed by atoms with E-state index in [1.807, 2.05) is 19.9 Å². The van der Waals surface area contributed by atoms with Crippen LogP contribution in [0.25, 0.3) is 11.1 Å². The van der Waals surface area contributed by atoms with Crippen molar-refractivity contribution in [3.63, 3.8) is 0 Å². The molecule has 0 aliphatic carbocycles. The van der Waals surface area contributed by atoms with Crippen LogP contribution < -0.4 is 4.74 Å². The molecule has 2 aromatic carbocycles. The lowest BCUT2D eigenvalue weighted by atomic mass is 9.92. The first-order valence-corrected chi connectivity index (χ1v) is 6.88. The van der Waals surface area contributed by atoms with Gasteiger partial charge in [0.05, 0.1) is 0 Å². The van der Waals surface area contributed by atoms with Crippen LogP contribution in [0.4, 0.5) is 0 Å². The smallest absolute Gasteiger partial charge is 0.135 e. The highest BCUT2D eigenvalue weighted by molar-refractivity contribution is 7.80. The molecule has 1 aliphatic heterocycles. The Kier molecular flexibility index (Phi) is 2.90. The van der Waals surface area contributed by atoms with E-state index in [1.165, 1.54) is 16.7 Å². The van der Waals surface area contributed by atoms with Gasteiger partial charge in [0.1, 0.15) is 11.4 Å². The van der Waals surface area contributed by atoms with Gasteiger partial charge in [-0.3, -0.25) is 0 Å². The topological polar surface area (TPSA) is 9.23 Å². The summed E-state index contributed by atoms with van der Waals surface area (Å²) in [7, 11) is 0. The molecule has 1 aliphatic rings. The van der Waals surface area contributed by atoms with Crippen LogP contribution in [0.2, 0.25) is 0 Å². The largest absolute Gasteiger partial charge is 0.482 e. The van der Waals surface area contributed by atoms with E-state index in [0.717, 1.165) is 17.0 Å². The van der Waals surface area contributed by atoms with Crippen LogP contribution in [-0.2, 0) is 6.42 Å². The quantitative estimate of drug-likeness (QED) is 0.707. The van der Waals surface area contributed by atoms with Crippen molar-refractivity contribution in [3.05, 3.63) is 54.1 Å². The Balaban J connectivity index is 2.02. The fourth-order valence-electron chi connectivity index (χ4n) is 2.34. The molecule has 0 aromatic heterocycles. The van der Waals surface area contributed by atoms with Crippen molar-refractivity contribution < 1.29 is 4.74 Å². The van der Waals surface area contributed by atoms with Gasteiger partial charge in [-0.15, -0.1) is 0 Å². The molecule has 0 atom stereocenters. The fraction of sp³-hybridized carbons (Fsp3) is 0.235. The minimum Gasteiger partial charge on any atom is -0.482 e. The Morgan fingerprint density at radius 1 is 1.00 bits per heavy atom. The van der Waals surface area contributed by atoms with Gasteiger partial charge < -0.3 is 4.74 Å². The molecule has 0 radical (unpaired) electrons. The standard InChI is InChI=1S/C17H16OS/c1-17(2)16(19)11-14-10-13(8-9-15(14)18-17)12-6-4-3-5-7-12/h3-10H,11H2,1-2H3. The molecule has 0 saturated heterocycles. The highest BCUT2D eigenvalue weighted by Gasteiger charge is 2.31. The van der Waals surface area contributed by atoms with Crippen molar-refractivity contribution >= 4 is 17.1 Å². The summed E-state index contributed by atoms with van der Waals surface area (Å²) in [6.45, 7) is 4.06. The highest BCUT2D eigenvalue weighted by atomic mass is 32.1. The molecule has 96 valence electrons. The molecule has 1 heterocycles. The van der Waals surface area contributed by atoms with E-state index in [4.69, 9.17) is 17.0 Å². The van der Waals surface area contributed by atoms with Gasteiger partial charge in [-0.2, -0.15) is 0 Å². The second kappa shape index (κ2) is 4.46. The second-order valence-electron chi connectivity index (χ2n) is 5.40. The monoisotopic (exact) mass is 268 g/mol. The summed E-state index contributed by atoms with van der Waals surface area (Å²) < 4.78 is 5.98. The summed E-state index contributed by atoms with van der Waals surface area (Å²) in [6.07, 6.45) is 0.818. The number of hydrogen-bond acceptors (Lipinski definition) is 2. The van der Waals surface area contributed by atoms with Gasteiger partial charge >= 0.3 is 0 Å². The van der Waals surface area contributed by atoms with Crippen LogP contribution >= 0.6 is 12.2 Å². The molecule has 0 bridgehead atoms. The summed E-state index contributed by atoms with van der Waals surface area (Å²) in [5.41, 5.74) is 3.29. The van der Waals surface area contributed by atoms with Crippen molar-refractivity contribution in [2.75, 3.05) is 0 Å². The molecule has 0 fully saturated rings. The predicted molar refractivity (Wildman–Crippen MR) is 82.9 cm³/mol. The number of fused-ring (bicyclic) bond motifs is 1. The van der Waals surface area contributed by atoms with Gasteiger partial charge in [0.15, 0.2) is 0 Å². The number of benzene rings is 2. The second-order valence-corrected chi connectivity index (χ2v) is 5.89. The first-order valence-electron chi connectivity index (χ1n) is 6.47. The van der Waals surface area contributed by atoms with Gasteiger partial charge in [0, 0.05) is 11.3 Å². The summed E-state index contributed by atoms with van der Waals surface area (Å²) in [4.78, 5) is 0.963. The average Bonchev–Trinajstić information content (AvgIpc) is 2.40. The summed E-state index contributed by atoms with van der Waals surface area (Å²) in [5, 5.41) is 0. The Morgan fingerprint density at radius 2 is 1.74 bits per heavy atom. The molecular weight excluding hydrogens is 252 g/mol. The van der Waals surface area contributed by atoms with Gasteiger partial charge in [-0.05, 0) is 42.7 Å². The first kappa shape index (κ1) is 12.4. The molecule has 19 heavy (non-hydrogen) atoms. The lowest BCUT2D eigenvalue weighted by Crippen LogP contribution is -2.41. The number of hydrogen-bond donors (Lipinski definition) is 0. The van der Waals surface area contributed by atoms with Crippen molar-refractivity contribution in [2.45, 2.75) is 25.9 Å². The Bertz CT molecular complexity index is 629. The lowest BCUT2D eigenvalue weighted by Gasteiger charge is -2.33. The molecule has 0 amide bonds. The van der Waals surface area contributed by atoms with Crippen LogP contribution in [0.1, 0.15) is 19.4 Å². The van der Waals surface area contributed by atoms with Gasteiger partial charge in [0.2, 0.25) is 0 Å². The van der Waals surface area contributed by atoms with E-state index < -0.39 is 0 Å². The molecule has 0 spiro atoms. The van der Waals surface area contributed by atoms with Gasteiger partial charge in [-0.25, -0.2) is 0 Å². The lowest BCUT2D eigenvalue weighted by molar-refractivity contribution is 0.174.